The van der Waals surface area contributed by atoms with Crippen molar-refractivity contribution in [3.8, 4) is 0 Å². The molecule has 1 aromatic carbocycles. The number of para-hydroxylation sites is 2. The fourth-order valence-electron chi connectivity index (χ4n) is 1.15. The average Bonchev–Trinajstić information content (AvgIpc) is 2.25. The fraction of sp³-hybridized carbons (Fsp3) is 0.222. The van der Waals surface area contributed by atoms with E-state index in [-0.39, 0.29) is 5.91 Å². The van der Waals surface area contributed by atoms with Gasteiger partial charge in [0.15, 0.2) is 0 Å². The van der Waals surface area contributed by atoms with Crippen LogP contribution < -0.4 is 10.7 Å². The Morgan fingerprint density at radius 3 is 2.75 bits per heavy atom. The highest BCUT2D eigenvalue weighted by atomic mass is 16.1. The predicted octanol–water partition coefficient (Wildman–Crippen LogP) is -0.144. The smallest absolute Gasteiger partial charge is 0.248 e. The van der Waals surface area contributed by atoms with Gasteiger partial charge in [0.1, 0.15) is 0 Å². The molecule has 2 rings (SSSR count). The number of hydrogen-bond donors (Lipinski definition) is 0. The second-order valence-electron chi connectivity index (χ2n) is 2.63. The zero-order valence-electron chi connectivity index (χ0n) is 6.53. The van der Waals surface area contributed by atoms with Gasteiger partial charge in [-0.25, -0.2) is 4.99 Å². The molecule has 0 unspecified atom stereocenters. The summed E-state index contributed by atoms with van der Waals surface area (Å²) in [5, 5.41) is 1.52. The van der Waals surface area contributed by atoms with Crippen LogP contribution in [0.2, 0.25) is 0 Å². The van der Waals surface area contributed by atoms with Crippen LogP contribution in [0, 0.1) is 0 Å². The first-order valence-electron chi connectivity index (χ1n) is 3.87. The number of carbonyl (C=O) groups excluding carboxylic acids is 1. The lowest BCUT2D eigenvalue weighted by Crippen LogP contribution is -2.24. The van der Waals surface area contributed by atoms with Crippen LogP contribution in [-0.4, -0.2) is 12.5 Å². The summed E-state index contributed by atoms with van der Waals surface area (Å²) in [4.78, 5) is 19.1. The van der Waals surface area contributed by atoms with Crippen LogP contribution in [0.25, 0.3) is 0 Å². The minimum Gasteiger partial charge on any atom is -0.283 e. The molecule has 0 radical (unpaired) electrons. The number of benzene rings is 1. The highest BCUT2D eigenvalue weighted by molar-refractivity contribution is 5.77. The maximum atomic E-state index is 11.0. The highest BCUT2D eigenvalue weighted by Crippen LogP contribution is 1.87. The van der Waals surface area contributed by atoms with Crippen LogP contribution in [0.1, 0.15) is 6.42 Å². The molecule has 1 amide bonds. The Hall–Kier alpha value is -1.51. The molecule has 12 heavy (non-hydrogen) atoms. The molecule has 0 spiro atoms. The molecule has 0 aromatic heterocycles. The van der Waals surface area contributed by atoms with Gasteiger partial charge < -0.3 is 0 Å². The van der Waals surface area contributed by atoms with Gasteiger partial charge in [0.05, 0.1) is 10.7 Å². The molecule has 1 aliphatic heterocycles. The van der Waals surface area contributed by atoms with E-state index in [1.165, 1.54) is 0 Å². The number of carbonyl (C=O) groups is 1. The lowest BCUT2D eigenvalue weighted by atomic mass is 10.3. The summed E-state index contributed by atoms with van der Waals surface area (Å²) in [5.41, 5.74) is 0. The molecule has 0 N–H and O–H groups in total. The molecule has 0 atom stereocenters. The van der Waals surface area contributed by atoms with Crippen molar-refractivity contribution in [2.75, 3.05) is 6.54 Å². The third-order valence-corrected chi connectivity index (χ3v) is 1.73. The van der Waals surface area contributed by atoms with Crippen LogP contribution in [0.4, 0.5) is 0 Å². The summed E-state index contributed by atoms with van der Waals surface area (Å²) >= 11 is 0. The number of amides is 1. The standard InChI is InChI=1S/C9H8N2O/c12-9-5-6-10-7-3-1-2-4-8(7)11-9/h1-4H,5-6H2. The van der Waals surface area contributed by atoms with Crippen LogP contribution in [0.15, 0.2) is 34.3 Å². The average molecular weight is 160 g/mol. The van der Waals surface area contributed by atoms with E-state index in [1.807, 2.05) is 24.3 Å². The Kier molecular flexibility index (Phi) is 1.70. The first-order chi connectivity index (χ1) is 5.86. The van der Waals surface area contributed by atoms with Crippen molar-refractivity contribution < 1.29 is 4.79 Å². The van der Waals surface area contributed by atoms with Gasteiger partial charge in [0, 0.05) is 13.0 Å². The lowest BCUT2D eigenvalue weighted by Gasteiger charge is -1.83. The molecule has 0 saturated heterocycles. The first kappa shape index (κ1) is 7.16. The van der Waals surface area contributed by atoms with Crippen molar-refractivity contribution in [3.05, 3.63) is 35.0 Å². The van der Waals surface area contributed by atoms with Gasteiger partial charge in [-0.05, 0) is 12.1 Å². The molecule has 0 saturated carbocycles. The van der Waals surface area contributed by atoms with Crippen LogP contribution in [0.3, 0.4) is 0 Å². The van der Waals surface area contributed by atoms with Gasteiger partial charge in [-0.2, -0.15) is 0 Å². The van der Waals surface area contributed by atoms with E-state index in [4.69, 9.17) is 0 Å². The van der Waals surface area contributed by atoms with Gasteiger partial charge in [-0.3, -0.25) is 9.79 Å². The van der Waals surface area contributed by atoms with Gasteiger partial charge in [0.25, 0.3) is 0 Å². The summed E-state index contributed by atoms with van der Waals surface area (Å²) in [6, 6.07) is 7.43. The number of rotatable bonds is 0. The SMILES string of the molecule is O=C1CCN=c2ccccc2=N1. The normalized spacial score (nSPS) is 15.5. The van der Waals surface area contributed by atoms with E-state index in [0.717, 1.165) is 5.36 Å². The maximum Gasteiger partial charge on any atom is 0.248 e. The quantitative estimate of drug-likeness (QED) is 0.520. The van der Waals surface area contributed by atoms with Crippen molar-refractivity contribution in [1.82, 2.24) is 0 Å². The third-order valence-electron chi connectivity index (χ3n) is 1.73. The monoisotopic (exact) mass is 160 g/mol. The summed E-state index contributed by atoms with van der Waals surface area (Å²) in [5.74, 6) is -0.0799. The number of hydrogen-bond acceptors (Lipinski definition) is 2. The summed E-state index contributed by atoms with van der Waals surface area (Å²) < 4.78 is 0. The highest BCUT2D eigenvalue weighted by Gasteiger charge is 2.01. The Morgan fingerprint density at radius 1 is 1.17 bits per heavy atom. The second kappa shape index (κ2) is 2.85. The largest absolute Gasteiger partial charge is 0.283 e. The lowest BCUT2D eigenvalue weighted by molar-refractivity contribution is -0.117. The molecular formula is C9H8N2O. The first-order valence-corrected chi connectivity index (χ1v) is 3.87. The van der Waals surface area contributed by atoms with Gasteiger partial charge in [-0.15, -0.1) is 0 Å². The van der Waals surface area contributed by atoms with E-state index < -0.39 is 0 Å². The minimum atomic E-state index is -0.0799. The van der Waals surface area contributed by atoms with Crippen LogP contribution in [-0.2, 0) is 4.79 Å². The van der Waals surface area contributed by atoms with Crippen molar-refractivity contribution in [2.45, 2.75) is 6.42 Å². The maximum absolute atomic E-state index is 11.0. The molecule has 1 aromatic rings. The van der Waals surface area contributed by atoms with E-state index >= 15 is 0 Å². The fourth-order valence-corrected chi connectivity index (χ4v) is 1.15. The summed E-state index contributed by atoms with van der Waals surface area (Å²) in [7, 11) is 0. The van der Waals surface area contributed by atoms with E-state index in [1.54, 1.807) is 0 Å². The molecule has 1 aliphatic rings. The number of fused-ring (bicyclic) bond motifs is 1. The third kappa shape index (κ3) is 1.25. The van der Waals surface area contributed by atoms with E-state index in [9.17, 15) is 4.79 Å². The molecule has 0 fully saturated rings. The molecule has 1 heterocycles. The van der Waals surface area contributed by atoms with Crippen molar-refractivity contribution in [1.29, 1.82) is 0 Å². The zero-order chi connectivity index (χ0) is 8.39. The van der Waals surface area contributed by atoms with Crippen molar-refractivity contribution in [2.24, 2.45) is 9.98 Å². The van der Waals surface area contributed by atoms with Crippen molar-refractivity contribution in [3.63, 3.8) is 0 Å². The molecule has 60 valence electrons. The Bertz CT molecular complexity index is 422. The van der Waals surface area contributed by atoms with E-state index in [0.29, 0.717) is 18.3 Å². The molecule has 0 aliphatic carbocycles. The van der Waals surface area contributed by atoms with Crippen LogP contribution in [0.5, 0.6) is 0 Å². The molecule has 0 bridgehead atoms. The molecule has 3 nitrogen and oxygen atoms in total. The van der Waals surface area contributed by atoms with Crippen molar-refractivity contribution >= 4 is 5.91 Å². The summed E-state index contributed by atoms with van der Waals surface area (Å²) in [6.07, 6.45) is 0.425. The van der Waals surface area contributed by atoms with E-state index in [2.05, 4.69) is 9.98 Å². The minimum absolute atomic E-state index is 0.0799. The Labute approximate surface area is 69.5 Å². The van der Waals surface area contributed by atoms with Gasteiger partial charge >= 0.3 is 0 Å². The molecule has 3 heteroatoms. The second-order valence-corrected chi connectivity index (χ2v) is 2.63. The Balaban J connectivity index is 2.76. The topological polar surface area (TPSA) is 41.8 Å². The van der Waals surface area contributed by atoms with Gasteiger partial charge in [-0.1, -0.05) is 12.1 Å². The molecular weight excluding hydrogens is 152 g/mol. The summed E-state index contributed by atoms with van der Waals surface area (Å²) in [6.45, 7) is 0.555. The number of nitrogens with zero attached hydrogens (tertiary/aromatic N) is 2. The van der Waals surface area contributed by atoms with Gasteiger partial charge in [0.2, 0.25) is 5.91 Å². The Morgan fingerprint density at radius 2 is 1.92 bits per heavy atom. The van der Waals surface area contributed by atoms with Crippen LogP contribution >= 0.6 is 0 Å². The zero-order valence-corrected chi connectivity index (χ0v) is 6.53. The predicted molar refractivity (Wildman–Crippen MR) is 43.2 cm³/mol.